The zero-order valence-electron chi connectivity index (χ0n) is 18.8. The van der Waals surface area contributed by atoms with Gasteiger partial charge in [0.15, 0.2) is 0 Å². The Kier molecular flexibility index (Phi) is 8.10. The fourth-order valence-corrected chi connectivity index (χ4v) is 5.50. The Balaban J connectivity index is 1.88. The van der Waals surface area contributed by atoms with Gasteiger partial charge in [0.05, 0.1) is 16.1 Å². The minimum absolute atomic E-state index is 0.0676. The van der Waals surface area contributed by atoms with Gasteiger partial charge in [0.25, 0.3) is 10.0 Å². The van der Waals surface area contributed by atoms with Gasteiger partial charge in [-0.25, -0.2) is 13.2 Å². The number of fused-ring (bicyclic) bond motifs is 1. The quantitative estimate of drug-likeness (QED) is 0.536. The van der Waals surface area contributed by atoms with E-state index in [9.17, 15) is 18.3 Å². The molecule has 0 spiro atoms. The Bertz CT molecular complexity index is 1090. The molecule has 0 heterocycles. The van der Waals surface area contributed by atoms with E-state index in [1.165, 1.54) is 0 Å². The largest absolute Gasteiger partial charge is 0.478 e. The van der Waals surface area contributed by atoms with Gasteiger partial charge < -0.3 is 10.0 Å². The lowest BCUT2D eigenvalue weighted by Crippen LogP contribution is -2.23. The van der Waals surface area contributed by atoms with E-state index < -0.39 is 16.0 Å². The third-order valence-electron chi connectivity index (χ3n) is 6.00. The number of sulfonamides is 1. The molecule has 0 aliphatic heterocycles. The summed E-state index contributed by atoms with van der Waals surface area (Å²) in [7, 11) is -3.96. The second kappa shape index (κ2) is 10.8. The van der Waals surface area contributed by atoms with Crippen molar-refractivity contribution in [2.45, 2.75) is 50.8 Å². The van der Waals surface area contributed by atoms with E-state index in [2.05, 4.69) is 23.5 Å². The smallest absolute Gasteiger partial charge is 0.338 e. The van der Waals surface area contributed by atoms with Crippen molar-refractivity contribution in [2.75, 3.05) is 24.4 Å². The first kappa shape index (κ1) is 24.0. The van der Waals surface area contributed by atoms with Crippen LogP contribution < -0.4 is 4.72 Å². The van der Waals surface area contributed by atoms with Crippen molar-refractivity contribution < 1.29 is 18.3 Å². The summed E-state index contributed by atoms with van der Waals surface area (Å²) < 4.78 is 29.1. The molecule has 0 amide bonds. The van der Waals surface area contributed by atoms with Crippen molar-refractivity contribution in [1.29, 1.82) is 0 Å². The fourth-order valence-electron chi connectivity index (χ4n) is 4.23. The molecule has 0 radical (unpaired) electrons. The molecule has 3 rings (SSSR count). The lowest BCUT2D eigenvalue weighted by molar-refractivity contribution is 0.0696. The average Bonchev–Trinajstić information content (AvgIpc) is 2.78. The third kappa shape index (κ3) is 5.58. The molecule has 0 unspecified atom stereocenters. The fraction of sp³-hybridized carbons (Fsp3) is 0.400. The normalized spacial score (nSPS) is 14.0. The van der Waals surface area contributed by atoms with Gasteiger partial charge in [-0.15, -0.1) is 0 Å². The first-order valence-electron chi connectivity index (χ1n) is 11.3. The predicted molar refractivity (Wildman–Crippen MR) is 129 cm³/mol. The lowest BCUT2D eigenvalue weighted by atomic mass is 9.87. The summed E-state index contributed by atoms with van der Waals surface area (Å²) in [6, 6.07) is 10.2. The molecule has 0 fully saturated rings. The summed E-state index contributed by atoms with van der Waals surface area (Å²) >= 11 is 0. The van der Waals surface area contributed by atoms with Crippen LogP contribution in [0.2, 0.25) is 0 Å². The molecule has 0 saturated heterocycles. The van der Waals surface area contributed by atoms with E-state index >= 15 is 0 Å². The first-order chi connectivity index (χ1) is 15.4. The third-order valence-corrected chi connectivity index (χ3v) is 7.44. The molecule has 2 aromatic rings. The number of carboxylic acid groups (broad SMARTS) is 1. The summed E-state index contributed by atoms with van der Waals surface area (Å²) in [5.41, 5.74) is 2.51. The SMILES string of the molecule is CCN(CC)CC/C=C\c1ccccc1S(=O)(=O)Nc1ccc2c(c1C(=O)O)CCCC2. The van der Waals surface area contributed by atoms with E-state index in [0.29, 0.717) is 12.0 Å². The van der Waals surface area contributed by atoms with Crippen LogP contribution in [0.15, 0.2) is 47.4 Å². The standard InChI is InChI=1S/C25H32N2O4S/c1-3-27(4-2)18-10-9-13-20-12-6-8-15-23(20)32(30,31)26-22-17-16-19-11-5-7-14-21(19)24(22)25(28)29/h6,8-9,12-13,15-17,26H,3-5,7,10-11,14,18H2,1-2H3,(H,28,29)/b13-9-. The number of nitrogens with zero attached hydrogens (tertiary/aromatic N) is 1. The number of hydrogen-bond donors (Lipinski definition) is 2. The van der Waals surface area contributed by atoms with Crippen LogP contribution in [0, 0.1) is 0 Å². The van der Waals surface area contributed by atoms with Gasteiger partial charge in [0, 0.05) is 6.54 Å². The second-order valence-electron chi connectivity index (χ2n) is 8.00. The molecule has 1 aliphatic rings. The van der Waals surface area contributed by atoms with Gasteiger partial charge in [0.1, 0.15) is 0 Å². The van der Waals surface area contributed by atoms with Crippen LogP contribution >= 0.6 is 0 Å². The number of rotatable bonds is 10. The van der Waals surface area contributed by atoms with Crippen molar-refractivity contribution in [3.8, 4) is 0 Å². The zero-order valence-corrected chi connectivity index (χ0v) is 19.6. The summed E-state index contributed by atoms with van der Waals surface area (Å²) in [5.74, 6) is -1.11. The number of carbonyl (C=O) groups is 1. The van der Waals surface area contributed by atoms with E-state index in [0.717, 1.165) is 56.4 Å². The molecule has 0 aromatic heterocycles. The molecule has 0 atom stereocenters. The van der Waals surface area contributed by atoms with E-state index in [-0.39, 0.29) is 16.1 Å². The van der Waals surface area contributed by atoms with E-state index in [1.807, 2.05) is 18.2 Å². The summed E-state index contributed by atoms with van der Waals surface area (Å²) in [5, 5.41) is 9.82. The number of carboxylic acids is 1. The number of aromatic carboxylic acids is 1. The molecule has 2 aromatic carbocycles. The predicted octanol–water partition coefficient (Wildman–Crippen LogP) is 4.81. The van der Waals surface area contributed by atoms with Gasteiger partial charge >= 0.3 is 5.97 Å². The van der Waals surface area contributed by atoms with Crippen LogP contribution in [0.1, 0.15) is 60.2 Å². The zero-order chi connectivity index (χ0) is 23.1. The number of anilines is 1. The highest BCUT2D eigenvalue weighted by atomic mass is 32.2. The van der Waals surface area contributed by atoms with Crippen molar-refractivity contribution in [1.82, 2.24) is 4.90 Å². The molecule has 0 saturated carbocycles. The number of benzene rings is 2. The molecular formula is C25H32N2O4S. The van der Waals surface area contributed by atoms with E-state index in [4.69, 9.17) is 0 Å². The average molecular weight is 457 g/mol. The summed E-state index contributed by atoms with van der Waals surface area (Å²) in [6.45, 7) is 7.10. The molecule has 1 aliphatic carbocycles. The van der Waals surface area contributed by atoms with Crippen LogP contribution in [0.5, 0.6) is 0 Å². The molecule has 6 nitrogen and oxygen atoms in total. The van der Waals surface area contributed by atoms with Crippen LogP contribution in [0.25, 0.3) is 6.08 Å². The maximum Gasteiger partial charge on any atom is 0.338 e. The topological polar surface area (TPSA) is 86.7 Å². The Labute approximate surface area is 191 Å². The molecule has 7 heteroatoms. The van der Waals surface area contributed by atoms with Gasteiger partial charge in [-0.05, 0) is 74.0 Å². The number of hydrogen-bond acceptors (Lipinski definition) is 4. The van der Waals surface area contributed by atoms with Crippen molar-refractivity contribution >= 4 is 27.8 Å². The molecule has 2 N–H and O–H groups in total. The second-order valence-corrected chi connectivity index (χ2v) is 9.65. The van der Waals surface area contributed by atoms with Crippen molar-refractivity contribution in [3.63, 3.8) is 0 Å². The Morgan fingerprint density at radius 2 is 1.81 bits per heavy atom. The van der Waals surface area contributed by atoms with Gasteiger partial charge in [-0.1, -0.05) is 50.3 Å². The summed E-state index contributed by atoms with van der Waals surface area (Å²) in [6.07, 6.45) is 8.02. The van der Waals surface area contributed by atoms with Crippen LogP contribution in [0.4, 0.5) is 5.69 Å². The van der Waals surface area contributed by atoms with Gasteiger partial charge in [-0.3, -0.25) is 4.72 Å². The summed E-state index contributed by atoms with van der Waals surface area (Å²) in [4.78, 5) is 14.4. The maximum atomic E-state index is 13.3. The van der Waals surface area contributed by atoms with Crippen LogP contribution in [0.3, 0.4) is 0 Å². The minimum Gasteiger partial charge on any atom is -0.478 e. The molecular weight excluding hydrogens is 424 g/mol. The van der Waals surface area contributed by atoms with Crippen molar-refractivity contribution in [3.05, 3.63) is 64.7 Å². The Morgan fingerprint density at radius 3 is 2.53 bits per heavy atom. The molecule has 0 bridgehead atoms. The highest BCUT2D eigenvalue weighted by molar-refractivity contribution is 7.92. The number of nitrogens with one attached hydrogen (secondary N) is 1. The minimum atomic E-state index is -3.96. The molecule has 32 heavy (non-hydrogen) atoms. The van der Waals surface area contributed by atoms with E-state index in [1.54, 1.807) is 30.3 Å². The van der Waals surface area contributed by atoms with Gasteiger partial charge in [-0.2, -0.15) is 0 Å². The number of aryl methyl sites for hydroxylation is 1. The maximum absolute atomic E-state index is 13.3. The Morgan fingerprint density at radius 1 is 1.09 bits per heavy atom. The highest BCUT2D eigenvalue weighted by Gasteiger charge is 2.25. The highest BCUT2D eigenvalue weighted by Crippen LogP contribution is 2.31. The Hall–Kier alpha value is -2.64. The monoisotopic (exact) mass is 456 g/mol. The van der Waals surface area contributed by atoms with Crippen molar-refractivity contribution in [2.24, 2.45) is 0 Å². The first-order valence-corrected chi connectivity index (χ1v) is 12.7. The van der Waals surface area contributed by atoms with Crippen LogP contribution in [-0.4, -0.2) is 44.0 Å². The van der Waals surface area contributed by atoms with Gasteiger partial charge in [0.2, 0.25) is 0 Å². The van der Waals surface area contributed by atoms with Crippen LogP contribution in [-0.2, 0) is 22.9 Å². The molecule has 172 valence electrons. The lowest BCUT2D eigenvalue weighted by Gasteiger charge is -2.21.